The number of carbonyl (C=O) groups is 2. The summed E-state index contributed by atoms with van der Waals surface area (Å²) in [4.78, 5) is 26.7. The van der Waals surface area contributed by atoms with Crippen LogP contribution in [0.4, 0.5) is 11.4 Å². The molecule has 1 heterocycles. The highest BCUT2D eigenvalue weighted by atomic mass is 35.5. The Balaban J connectivity index is 1.30. The van der Waals surface area contributed by atoms with Crippen LogP contribution < -0.4 is 20.5 Å². The molecule has 3 aromatic rings. The number of hydrogen-bond donors (Lipinski definition) is 2. The van der Waals surface area contributed by atoms with E-state index in [1.165, 1.54) is 0 Å². The molecule has 0 saturated carbocycles. The number of benzene rings is 3. The number of nitrogens with one attached hydrogen (secondary N) is 2. The second-order valence-corrected chi connectivity index (χ2v) is 8.23. The minimum absolute atomic E-state index is 0.0494. The van der Waals surface area contributed by atoms with Gasteiger partial charge in [0.2, 0.25) is 11.8 Å². The van der Waals surface area contributed by atoms with Crippen molar-refractivity contribution in [2.24, 2.45) is 5.92 Å². The van der Waals surface area contributed by atoms with E-state index >= 15 is 0 Å². The van der Waals surface area contributed by atoms with Crippen molar-refractivity contribution in [1.82, 2.24) is 5.43 Å². The number of aryl methyl sites for hydroxylation is 1. The van der Waals surface area contributed by atoms with E-state index in [2.05, 4.69) is 10.9 Å². The van der Waals surface area contributed by atoms with Crippen LogP contribution >= 0.6 is 11.6 Å². The molecule has 1 aliphatic rings. The van der Waals surface area contributed by atoms with Crippen LogP contribution in [0, 0.1) is 12.8 Å². The Morgan fingerprint density at radius 1 is 1.09 bits per heavy atom. The Bertz CT molecular complexity index is 1100. The van der Waals surface area contributed by atoms with Gasteiger partial charge in [0.25, 0.3) is 0 Å². The van der Waals surface area contributed by atoms with Gasteiger partial charge in [-0.15, -0.1) is 0 Å². The molecule has 7 heteroatoms. The van der Waals surface area contributed by atoms with Gasteiger partial charge in [-0.05, 0) is 48.9 Å². The topological polar surface area (TPSA) is 70.7 Å². The molecule has 0 radical (unpaired) electrons. The van der Waals surface area contributed by atoms with E-state index in [0.29, 0.717) is 29.6 Å². The zero-order valence-electron chi connectivity index (χ0n) is 17.7. The Labute approximate surface area is 192 Å². The summed E-state index contributed by atoms with van der Waals surface area (Å²) >= 11 is 5.90. The van der Waals surface area contributed by atoms with Crippen LogP contribution in [-0.2, 0) is 16.2 Å². The SMILES string of the molecule is Cc1ccc(N2C[C@H](C(=O)NNc3cccc(OCc4ccc(Cl)cc4)c3)CC2=O)cc1. The second kappa shape index (κ2) is 9.75. The average molecular weight is 450 g/mol. The summed E-state index contributed by atoms with van der Waals surface area (Å²) in [5.74, 6) is -0.0199. The van der Waals surface area contributed by atoms with E-state index in [4.69, 9.17) is 16.3 Å². The van der Waals surface area contributed by atoms with Gasteiger partial charge in [0, 0.05) is 29.7 Å². The molecular formula is C25H24ClN3O3. The van der Waals surface area contributed by atoms with Crippen LogP contribution in [0.1, 0.15) is 17.5 Å². The van der Waals surface area contributed by atoms with Crippen LogP contribution in [0.25, 0.3) is 0 Å². The van der Waals surface area contributed by atoms with Crippen molar-refractivity contribution in [3.63, 3.8) is 0 Å². The molecule has 3 aromatic carbocycles. The number of anilines is 2. The molecule has 1 aliphatic heterocycles. The highest BCUT2D eigenvalue weighted by molar-refractivity contribution is 6.30. The normalized spacial score (nSPS) is 15.5. The molecule has 6 nitrogen and oxygen atoms in total. The minimum atomic E-state index is -0.416. The first-order valence-corrected chi connectivity index (χ1v) is 10.8. The summed E-state index contributed by atoms with van der Waals surface area (Å²) < 4.78 is 5.82. The summed E-state index contributed by atoms with van der Waals surface area (Å²) in [6.07, 6.45) is 0.186. The predicted octanol–water partition coefficient (Wildman–Crippen LogP) is 4.72. The number of rotatable bonds is 7. The van der Waals surface area contributed by atoms with Crippen LogP contribution in [0.5, 0.6) is 5.75 Å². The Morgan fingerprint density at radius 2 is 1.84 bits per heavy atom. The van der Waals surface area contributed by atoms with Gasteiger partial charge in [-0.1, -0.05) is 47.5 Å². The Hall–Kier alpha value is -3.51. The molecule has 4 rings (SSSR count). The number of nitrogens with zero attached hydrogens (tertiary/aromatic N) is 1. The first-order chi connectivity index (χ1) is 15.5. The van der Waals surface area contributed by atoms with Crippen molar-refractivity contribution in [3.05, 3.63) is 88.9 Å². The lowest BCUT2D eigenvalue weighted by Crippen LogP contribution is -2.36. The lowest BCUT2D eigenvalue weighted by atomic mass is 10.1. The predicted molar refractivity (Wildman–Crippen MR) is 126 cm³/mol. The molecule has 32 heavy (non-hydrogen) atoms. The third-order valence-electron chi connectivity index (χ3n) is 5.32. The van der Waals surface area contributed by atoms with E-state index in [9.17, 15) is 9.59 Å². The first kappa shape index (κ1) is 21.7. The summed E-state index contributed by atoms with van der Waals surface area (Å²) in [6.45, 7) is 2.76. The molecule has 164 valence electrons. The van der Waals surface area contributed by atoms with Gasteiger partial charge in [0.1, 0.15) is 12.4 Å². The van der Waals surface area contributed by atoms with Crippen molar-refractivity contribution in [1.29, 1.82) is 0 Å². The van der Waals surface area contributed by atoms with Gasteiger partial charge in [0.15, 0.2) is 0 Å². The molecule has 2 amide bonds. The molecule has 0 unspecified atom stereocenters. The van der Waals surface area contributed by atoms with Gasteiger partial charge in [-0.2, -0.15) is 0 Å². The van der Waals surface area contributed by atoms with Crippen molar-refractivity contribution in [3.8, 4) is 5.75 Å². The molecular weight excluding hydrogens is 426 g/mol. The number of halogens is 1. The number of amides is 2. The monoisotopic (exact) mass is 449 g/mol. The molecule has 1 fully saturated rings. The third-order valence-corrected chi connectivity index (χ3v) is 5.58. The number of hydrazine groups is 1. The van der Waals surface area contributed by atoms with Gasteiger partial charge in [-0.25, -0.2) is 0 Å². The fourth-order valence-electron chi connectivity index (χ4n) is 3.50. The average Bonchev–Trinajstić information content (AvgIpc) is 3.19. The number of carbonyl (C=O) groups excluding carboxylic acids is 2. The summed E-state index contributed by atoms with van der Waals surface area (Å²) in [7, 11) is 0. The first-order valence-electron chi connectivity index (χ1n) is 10.4. The number of hydrogen-bond acceptors (Lipinski definition) is 4. The molecule has 0 aromatic heterocycles. The maximum Gasteiger partial charge on any atom is 0.243 e. The van der Waals surface area contributed by atoms with E-state index in [-0.39, 0.29) is 18.2 Å². The lowest BCUT2D eigenvalue weighted by Gasteiger charge is -2.17. The van der Waals surface area contributed by atoms with Gasteiger partial charge < -0.3 is 9.64 Å². The Morgan fingerprint density at radius 3 is 2.59 bits per heavy atom. The molecule has 2 N–H and O–H groups in total. The maximum absolute atomic E-state index is 12.6. The summed E-state index contributed by atoms with van der Waals surface area (Å²) in [6, 6.07) is 22.5. The largest absolute Gasteiger partial charge is 0.489 e. The standard InChI is InChI=1S/C25H24ClN3O3/c1-17-5-11-22(12-6-17)29-15-19(13-24(29)30)25(31)28-27-21-3-2-4-23(14-21)32-16-18-7-9-20(26)10-8-18/h2-12,14,19,27H,13,15-16H2,1H3,(H,28,31)/t19-/m1/s1. The van der Waals surface area contributed by atoms with E-state index in [1.807, 2.05) is 73.7 Å². The fourth-order valence-corrected chi connectivity index (χ4v) is 3.63. The maximum atomic E-state index is 12.6. The Kier molecular flexibility index (Phi) is 6.61. The van der Waals surface area contributed by atoms with Crippen molar-refractivity contribution < 1.29 is 14.3 Å². The van der Waals surface area contributed by atoms with Gasteiger partial charge in [-0.3, -0.25) is 20.4 Å². The fraction of sp³-hybridized carbons (Fsp3) is 0.200. The van der Waals surface area contributed by atoms with Gasteiger partial charge >= 0.3 is 0 Å². The third kappa shape index (κ3) is 5.39. The van der Waals surface area contributed by atoms with E-state index in [1.54, 1.807) is 11.0 Å². The lowest BCUT2D eigenvalue weighted by molar-refractivity contribution is -0.125. The van der Waals surface area contributed by atoms with Crippen LogP contribution in [-0.4, -0.2) is 18.4 Å². The van der Waals surface area contributed by atoms with Crippen LogP contribution in [0.3, 0.4) is 0 Å². The smallest absolute Gasteiger partial charge is 0.243 e. The molecule has 0 bridgehead atoms. The zero-order chi connectivity index (χ0) is 22.5. The summed E-state index contributed by atoms with van der Waals surface area (Å²) in [5.41, 5.74) is 9.26. The van der Waals surface area contributed by atoms with Crippen LogP contribution in [0.15, 0.2) is 72.8 Å². The van der Waals surface area contributed by atoms with E-state index < -0.39 is 5.92 Å². The molecule has 1 saturated heterocycles. The van der Waals surface area contributed by atoms with Crippen molar-refractivity contribution in [2.45, 2.75) is 20.0 Å². The van der Waals surface area contributed by atoms with Crippen LogP contribution in [0.2, 0.25) is 5.02 Å². The second-order valence-electron chi connectivity index (χ2n) is 7.80. The zero-order valence-corrected chi connectivity index (χ0v) is 18.4. The van der Waals surface area contributed by atoms with Gasteiger partial charge in [0.05, 0.1) is 11.6 Å². The highest BCUT2D eigenvalue weighted by Crippen LogP contribution is 2.26. The molecule has 0 spiro atoms. The quantitative estimate of drug-likeness (QED) is 0.512. The van der Waals surface area contributed by atoms with Crippen molar-refractivity contribution in [2.75, 3.05) is 16.9 Å². The van der Waals surface area contributed by atoms with Crippen molar-refractivity contribution >= 4 is 34.8 Å². The number of ether oxygens (including phenoxy) is 1. The summed E-state index contributed by atoms with van der Waals surface area (Å²) in [5, 5.41) is 0.682. The molecule has 1 atom stereocenters. The van der Waals surface area contributed by atoms with E-state index in [0.717, 1.165) is 16.8 Å². The molecule has 0 aliphatic carbocycles. The minimum Gasteiger partial charge on any atom is -0.489 e. The highest BCUT2D eigenvalue weighted by Gasteiger charge is 2.35.